The zero-order valence-electron chi connectivity index (χ0n) is 13.5. The van der Waals surface area contributed by atoms with Crippen molar-refractivity contribution in [3.63, 3.8) is 0 Å². The van der Waals surface area contributed by atoms with E-state index in [2.05, 4.69) is 10.3 Å². The van der Waals surface area contributed by atoms with Crippen LogP contribution < -0.4 is 5.32 Å². The number of carbonyl (C=O) groups excluding carboxylic acids is 2. The van der Waals surface area contributed by atoms with Crippen LogP contribution in [0.3, 0.4) is 0 Å². The maximum absolute atomic E-state index is 11.9. The van der Waals surface area contributed by atoms with Gasteiger partial charge in [-0.25, -0.2) is 4.98 Å². The van der Waals surface area contributed by atoms with E-state index in [-0.39, 0.29) is 19.1 Å². The summed E-state index contributed by atoms with van der Waals surface area (Å²) in [6.07, 6.45) is 1.58. The first-order chi connectivity index (χ1) is 12.1. The van der Waals surface area contributed by atoms with Crippen molar-refractivity contribution < 1.29 is 18.7 Å². The Hall–Kier alpha value is -2.93. The molecule has 1 aromatic carbocycles. The summed E-state index contributed by atoms with van der Waals surface area (Å²) >= 11 is 1.37. The van der Waals surface area contributed by atoms with Gasteiger partial charge in [-0.3, -0.25) is 9.59 Å². The number of rotatable bonds is 6. The molecular formula is C18H16N2O4S. The Kier molecular flexibility index (Phi) is 5.25. The number of nitrogens with one attached hydrogen (secondary N) is 1. The molecule has 0 saturated heterocycles. The summed E-state index contributed by atoms with van der Waals surface area (Å²) in [6.45, 7) is 1.62. The molecule has 3 aromatic rings. The number of ether oxygens (including phenoxy) is 1. The molecule has 0 radical (unpaired) electrons. The summed E-state index contributed by atoms with van der Waals surface area (Å²) < 4.78 is 10.6. The van der Waals surface area contributed by atoms with Gasteiger partial charge in [0.15, 0.2) is 12.4 Å². The predicted octanol–water partition coefficient (Wildman–Crippen LogP) is 3.18. The van der Waals surface area contributed by atoms with E-state index in [4.69, 9.17) is 9.15 Å². The Balaban J connectivity index is 1.46. The van der Waals surface area contributed by atoms with E-state index < -0.39 is 5.97 Å². The Bertz CT molecular complexity index is 870. The molecule has 1 N–H and O–H groups in total. The van der Waals surface area contributed by atoms with Gasteiger partial charge in [0.25, 0.3) is 5.91 Å². The van der Waals surface area contributed by atoms with Crippen molar-refractivity contribution in [3.05, 3.63) is 64.3 Å². The first-order valence-corrected chi connectivity index (χ1v) is 8.44. The van der Waals surface area contributed by atoms with Crippen LogP contribution in [0, 0.1) is 6.92 Å². The highest BCUT2D eigenvalue weighted by molar-refractivity contribution is 7.13. The number of oxazole rings is 1. The van der Waals surface area contributed by atoms with Crippen LogP contribution in [-0.2, 0) is 16.1 Å². The van der Waals surface area contributed by atoms with Gasteiger partial charge in [0.2, 0.25) is 5.89 Å². The summed E-state index contributed by atoms with van der Waals surface area (Å²) in [5.41, 5.74) is 0.895. The fraction of sp³-hybridized carbons (Fsp3) is 0.167. The van der Waals surface area contributed by atoms with Crippen molar-refractivity contribution in [2.24, 2.45) is 0 Å². The highest BCUT2D eigenvalue weighted by atomic mass is 32.1. The molecule has 7 heteroatoms. The normalized spacial score (nSPS) is 10.4. The highest BCUT2D eigenvalue weighted by Gasteiger charge is 2.12. The molecule has 0 atom stereocenters. The van der Waals surface area contributed by atoms with Gasteiger partial charge in [-0.05, 0) is 19.1 Å². The molecule has 0 fully saturated rings. The minimum absolute atomic E-state index is 0.0837. The van der Waals surface area contributed by atoms with Gasteiger partial charge in [0, 0.05) is 10.4 Å². The third kappa shape index (κ3) is 4.54. The molecule has 0 bridgehead atoms. The van der Waals surface area contributed by atoms with Gasteiger partial charge in [0.05, 0.1) is 11.1 Å². The SMILES string of the molecule is Cc1ccc(C(=O)NCC(=O)OCc2ncc(-c3ccccc3)o2)s1. The highest BCUT2D eigenvalue weighted by Crippen LogP contribution is 2.20. The monoisotopic (exact) mass is 356 g/mol. The van der Waals surface area contributed by atoms with Gasteiger partial charge in [0.1, 0.15) is 6.54 Å². The minimum Gasteiger partial charge on any atom is -0.454 e. The van der Waals surface area contributed by atoms with Crippen LogP contribution in [0.2, 0.25) is 0 Å². The molecule has 128 valence electrons. The second-order valence-electron chi connectivity index (χ2n) is 5.24. The van der Waals surface area contributed by atoms with Crippen LogP contribution in [0.1, 0.15) is 20.4 Å². The van der Waals surface area contributed by atoms with E-state index in [0.29, 0.717) is 16.5 Å². The lowest BCUT2D eigenvalue weighted by molar-refractivity contribution is -0.144. The molecule has 0 aliphatic heterocycles. The predicted molar refractivity (Wildman–Crippen MR) is 93.1 cm³/mol. The summed E-state index contributed by atoms with van der Waals surface area (Å²) in [6, 6.07) is 13.1. The standard InChI is InChI=1S/C18H16N2O4S/c1-12-7-8-15(25-12)18(22)20-10-17(21)23-11-16-19-9-14(24-16)13-5-3-2-4-6-13/h2-9H,10-11H2,1H3,(H,20,22). The number of hydrogen-bond acceptors (Lipinski definition) is 6. The lowest BCUT2D eigenvalue weighted by Gasteiger charge is -2.04. The van der Waals surface area contributed by atoms with E-state index in [1.165, 1.54) is 11.3 Å². The molecular weight excluding hydrogens is 340 g/mol. The number of aromatic nitrogens is 1. The molecule has 3 rings (SSSR count). The van der Waals surface area contributed by atoms with E-state index in [1.54, 1.807) is 12.3 Å². The molecule has 6 nitrogen and oxygen atoms in total. The van der Waals surface area contributed by atoms with Crippen molar-refractivity contribution in [2.45, 2.75) is 13.5 Å². The number of benzene rings is 1. The first-order valence-electron chi connectivity index (χ1n) is 7.62. The van der Waals surface area contributed by atoms with E-state index in [0.717, 1.165) is 10.4 Å². The van der Waals surface area contributed by atoms with Crippen molar-refractivity contribution in [1.29, 1.82) is 0 Å². The number of amides is 1. The second kappa shape index (κ2) is 7.76. The summed E-state index contributed by atoms with van der Waals surface area (Å²) in [7, 11) is 0. The van der Waals surface area contributed by atoms with Gasteiger partial charge >= 0.3 is 5.97 Å². The Labute approximate surface area is 148 Å². The first kappa shape index (κ1) is 16.9. The topological polar surface area (TPSA) is 81.4 Å². The number of carbonyl (C=O) groups is 2. The van der Waals surface area contributed by atoms with Gasteiger partial charge in [-0.2, -0.15) is 0 Å². The zero-order chi connectivity index (χ0) is 17.6. The van der Waals surface area contributed by atoms with Crippen molar-refractivity contribution in [1.82, 2.24) is 10.3 Å². The van der Waals surface area contributed by atoms with Crippen LogP contribution in [0.4, 0.5) is 0 Å². The van der Waals surface area contributed by atoms with Crippen LogP contribution in [0.15, 0.2) is 53.1 Å². The summed E-state index contributed by atoms with van der Waals surface area (Å²) in [5.74, 6) is 0.0547. The molecule has 25 heavy (non-hydrogen) atoms. The largest absolute Gasteiger partial charge is 0.454 e. The van der Waals surface area contributed by atoms with Gasteiger partial charge in [-0.1, -0.05) is 30.3 Å². The molecule has 2 heterocycles. The van der Waals surface area contributed by atoms with Crippen LogP contribution in [0.25, 0.3) is 11.3 Å². The minimum atomic E-state index is -0.555. The van der Waals surface area contributed by atoms with Gasteiger partial charge < -0.3 is 14.5 Å². The maximum Gasteiger partial charge on any atom is 0.325 e. The third-order valence-electron chi connectivity index (χ3n) is 3.33. The smallest absolute Gasteiger partial charge is 0.325 e. The fourth-order valence-corrected chi connectivity index (χ4v) is 2.89. The van der Waals surface area contributed by atoms with Gasteiger partial charge in [-0.15, -0.1) is 11.3 Å². The van der Waals surface area contributed by atoms with Crippen molar-refractivity contribution in [3.8, 4) is 11.3 Å². The average Bonchev–Trinajstić information content (AvgIpc) is 3.28. The summed E-state index contributed by atoms with van der Waals surface area (Å²) in [5, 5.41) is 2.53. The quantitative estimate of drug-likeness (QED) is 0.686. The van der Waals surface area contributed by atoms with Crippen molar-refractivity contribution >= 4 is 23.2 Å². The Morgan fingerprint density at radius 1 is 1.20 bits per heavy atom. The van der Waals surface area contributed by atoms with Crippen LogP contribution in [-0.4, -0.2) is 23.4 Å². The fourth-order valence-electron chi connectivity index (χ4n) is 2.10. The summed E-state index contributed by atoms with van der Waals surface area (Å²) in [4.78, 5) is 29.3. The van der Waals surface area contributed by atoms with Crippen LogP contribution in [0.5, 0.6) is 0 Å². The molecule has 0 aliphatic carbocycles. The lowest BCUT2D eigenvalue weighted by atomic mass is 10.2. The third-order valence-corrected chi connectivity index (χ3v) is 4.33. The van der Waals surface area contributed by atoms with E-state index >= 15 is 0 Å². The number of aryl methyl sites for hydroxylation is 1. The molecule has 1 amide bonds. The average molecular weight is 356 g/mol. The van der Waals surface area contributed by atoms with E-state index in [9.17, 15) is 9.59 Å². The molecule has 0 spiro atoms. The van der Waals surface area contributed by atoms with Crippen LogP contribution >= 0.6 is 11.3 Å². The zero-order valence-corrected chi connectivity index (χ0v) is 14.3. The molecule has 0 unspecified atom stereocenters. The number of esters is 1. The second-order valence-corrected chi connectivity index (χ2v) is 6.53. The maximum atomic E-state index is 11.9. The number of nitrogens with zero attached hydrogens (tertiary/aromatic N) is 1. The molecule has 0 saturated carbocycles. The number of thiophene rings is 1. The number of hydrogen-bond donors (Lipinski definition) is 1. The lowest BCUT2D eigenvalue weighted by Crippen LogP contribution is -2.30. The molecule has 0 aliphatic rings. The Morgan fingerprint density at radius 2 is 2.00 bits per heavy atom. The molecule has 2 aromatic heterocycles. The van der Waals surface area contributed by atoms with E-state index in [1.807, 2.05) is 43.3 Å². The van der Waals surface area contributed by atoms with Crippen molar-refractivity contribution in [2.75, 3.05) is 6.54 Å². The Morgan fingerprint density at radius 3 is 2.72 bits per heavy atom.